The number of rotatable bonds is 2. The number of benzene rings is 3. The van der Waals surface area contributed by atoms with E-state index < -0.39 is 0 Å². The van der Waals surface area contributed by atoms with Gasteiger partial charge < -0.3 is 0 Å². The van der Waals surface area contributed by atoms with E-state index >= 15 is 0 Å². The third kappa shape index (κ3) is 5.41. The lowest BCUT2D eigenvalue weighted by Crippen LogP contribution is -1.81. The van der Waals surface area contributed by atoms with Crippen LogP contribution in [0.15, 0.2) is 97.1 Å². The predicted molar refractivity (Wildman–Crippen MR) is 111 cm³/mol. The maximum Gasteiger partial charge on any atom is 0.0405 e. The van der Waals surface area contributed by atoms with Gasteiger partial charge in [0.1, 0.15) is 0 Å². The first-order valence-electron chi connectivity index (χ1n) is 8.47. The zero-order valence-electron chi connectivity index (χ0n) is 14.4. The van der Waals surface area contributed by atoms with Crippen LogP contribution in [0.3, 0.4) is 0 Å². The van der Waals surface area contributed by atoms with Crippen LogP contribution in [0.25, 0.3) is 12.2 Å². The molecule has 3 rings (SSSR count). The molecule has 0 aromatic heterocycles. The van der Waals surface area contributed by atoms with Crippen LogP contribution < -0.4 is 0 Å². The summed E-state index contributed by atoms with van der Waals surface area (Å²) < 4.78 is 0. The van der Waals surface area contributed by atoms with Crippen LogP contribution in [0.2, 0.25) is 0 Å². The van der Waals surface area contributed by atoms with E-state index in [1.807, 2.05) is 85.0 Å². The van der Waals surface area contributed by atoms with Crippen LogP contribution in [-0.2, 0) is 0 Å². The lowest BCUT2D eigenvalue weighted by atomic mass is 10.1. The molecule has 0 saturated heterocycles. The van der Waals surface area contributed by atoms with Gasteiger partial charge in [-0.3, -0.25) is 0 Å². The van der Waals surface area contributed by atoms with Crippen molar-refractivity contribution in [2.45, 2.75) is 0 Å². The summed E-state index contributed by atoms with van der Waals surface area (Å²) in [6, 6.07) is 28.2. The summed E-state index contributed by atoms with van der Waals surface area (Å²) in [5, 5.41) is 0. The minimum atomic E-state index is 0.936. The van der Waals surface area contributed by atoms with Gasteiger partial charge in [-0.15, -0.1) is 0 Å². The minimum Gasteiger partial charge on any atom is -0.0695 e. The Hall–Kier alpha value is -3.74. The van der Waals surface area contributed by atoms with E-state index in [2.05, 4.69) is 47.9 Å². The summed E-state index contributed by atoms with van der Waals surface area (Å²) in [5.41, 5.74) is 4.15. The molecule has 0 atom stereocenters. The molecule has 0 bridgehead atoms. The Morgan fingerprint density at radius 3 is 1.27 bits per heavy atom. The fourth-order valence-electron chi connectivity index (χ4n) is 2.34. The van der Waals surface area contributed by atoms with Gasteiger partial charge in [-0.2, -0.15) is 0 Å². The van der Waals surface area contributed by atoms with Gasteiger partial charge in [0.2, 0.25) is 0 Å². The molecule has 0 aliphatic heterocycles. The molecule has 0 heteroatoms. The number of allylic oxidation sites excluding steroid dienone is 2. The molecule has 3 aromatic carbocycles. The van der Waals surface area contributed by atoms with Crippen molar-refractivity contribution in [2.24, 2.45) is 0 Å². The summed E-state index contributed by atoms with van der Waals surface area (Å²) in [6.45, 7) is 0. The van der Waals surface area contributed by atoms with Crippen LogP contribution >= 0.6 is 0 Å². The van der Waals surface area contributed by atoms with Crippen molar-refractivity contribution < 1.29 is 0 Å². The van der Waals surface area contributed by atoms with Crippen LogP contribution in [0, 0.1) is 23.7 Å². The van der Waals surface area contributed by atoms with Crippen molar-refractivity contribution in [1.82, 2.24) is 0 Å². The van der Waals surface area contributed by atoms with Gasteiger partial charge in [-0.1, -0.05) is 96.5 Å². The highest BCUT2D eigenvalue weighted by atomic mass is 13.9. The van der Waals surface area contributed by atoms with Crippen LogP contribution in [0.5, 0.6) is 0 Å². The molecule has 0 aliphatic rings. The molecule has 0 spiro atoms. The maximum atomic E-state index is 3.18. The highest BCUT2D eigenvalue weighted by Gasteiger charge is 1.93. The standard InChI is InChI=1S/C26H18/c1-3-13-23(14-4-1)17-7-9-19-25-21-11-12-22-26(25)20-10-8-18-24-15-5-2-6-16-24/h1-8,11-18,21-22H. The highest BCUT2D eigenvalue weighted by Crippen LogP contribution is 2.06. The van der Waals surface area contributed by atoms with E-state index in [4.69, 9.17) is 0 Å². The second kappa shape index (κ2) is 9.53. The molecule has 0 radical (unpaired) electrons. The quantitative estimate of drug-likeness (QED) is 0.520. The van der Waals surface area contributed by atoms with E-state index in [0.717, 1.165) is 22.3 Å². The first-order valence-corrected chi connectivity index (χ1v) is 8.47. The summed E-state index contributed by atoms with van der Waals surface area (Å²) in [7, 11) is 0. The topological polar surface area (TPSA) is 0 Å². The Balaban J connectivity index is 1.71. The fourth-order valence-corrected chi connectivity index (χ4v) is 2.34. The average Bonchev–Trinajstić information content (AvgIpc) is 2.71. The molecule has 0 aliphatic carbocycles. The van der Waals surface area contributed by atoms with Crippen molar-refractivity contribution in [3.8, 4) is 23.7 Å². The van der Waals surface area contributed by atoms with Gasteiger partial charge in [0.05, 0.1) is 0 Å². The lowest BCUT2D eigenvalue weighted by molar-refractivity contribution is 1.59. The average molecular weight is 330 g/mol. The first-order chi connectivity index (χ1) is 12.9. The molecule has 0 fully saturated rings. The highest BCUT2D eigenvalue weighted by molar-refractivity contribution is 5.57. The minimum absolute atomic E-state index is 0.936. The molecule has 0 unspecified atom stereocenters. The molecule has 122 valence electrons. The van der Waals surface area contributed by atoms with E-state index in [1.54, 1.807) is 0 Å². The zero-order chi connectivity index (χ0) is 17.9. The smallest absolute Gasteiger partial charge is 0.0405 e. The van der Waals surface area contributed by atoms with Crippen molar-refractivity contribution in [3.63, 3.8) is 0 Å². The fraction of sp³-hybridized carbons (Fsp3) is 0. The van der Waals surface area contributed by atoms with Gasteiger partial charge >= 0.3 is 0 Å². The van der Waals surface area contributed by atoms with Gasteiger partial charge in [-0.25, -0.2) is 0 Å². The summed E-state index contributed by atoms with van der Waals surface area (Å²) in [4.78, 5) is 0. The number of hydrogen-bond donors (Lipinski definition) is 0. The Morgan fingerprint density at radius 2 is 0.846 bits per heavy atom. The molecule has 0 N–H and O–H groups in total. The van der Waals surface area contributed by atoms with Crippen molar-refractivity contribution >= 4 is 12.2 Å². The summed E-state index contributed by atoms with van der Waals surface area (Å²) in [6.07, 6.45) is 7.75. The van der Waals surface area contributed by atoms with Gasteiger partial charge in [0.25, 0.3) is 0 Å². The molecular weight excluding hydrogens is 312 g/mol. The summed E-state index contributed by atoms with van der Waals surface area (Å²) >= 11 is 0. The van der Waals surface area contributed by atoms with E-state index in [-0.39, 0.29) is 0 Å². The molecule has 0 amide bonds. The molecule has 0 saturated carbocycles. The zero-order valence-corrected chi connectivity index (χ0v) is 14.4. The maximum absolute atomic E-state index is 3.18. The van der Waals surface area contributed by atoms with Crippen LogP contribution in [-0.4, -0.2) is 0 Å². The third-order valence-corrected chi connectivity index (χ3v) is 3.66. The number of hydrogen-bond acceptors (Lipinski definition) is 0. The van der Waals surface area contributed by atoms with Crippen molar-refractivity contribution in [2.75, 3.05) is 0 Å². The summed E-state index contributed by atoms with van der Waals surface area (Å²) in [5.74, 6) is 12.5. The second-order valence-corrected chi connectivity index (χ2v) is 5.57. The Labute approximate surface area is 155 Å². The molecule has 0 heterocycles. The van der Waals surface area contributed by atoms with Crippen LogP contribution in [0.1, 0.15) is 22.3 Å². The molecule has 3 aromatic rings. The Bertz CT molecular complexity index is 929. The van der Waals surface area contributed by atoms with E-state index in [9.17, 15) is 0 Å². The first kappa shape index (κ1) is 17.1. The van der Waals surface area contributed by atoms with Crippen molar-refractivity contribution in [3.05, 3.63) is 119 Å². The van der Waals surface area contributed by atoms with Gasteiger partial charge in [0.15, 0.2) is 0 Å². The molecular formula is C26H18. The predicted octanol–water partition coefficient (Wildman–Crippen LogP) is 5.82. The Morgan fingerprint density at radius 1 is 0.462 bits per heavy atom. The second-order valence-electron chi connectivity index (χ2n) is 5.57. The van der Waals surface area contributed by atoms with Crippen molar-refractivity contribution in [1.29, 1.82) is 0 Å². The molecule has 26 heavy (non-hydrogen) atoms. The SMILES string of the molecule is C(#Cc1ccccc1C#CC=Cc1ccccc1)C=Cc1ccccc1. The van der Waals surface area contributed by atoms with Gasteiger partial charge in [0, 0.05) is 11.1 Å². The van der Waals surface area contributed by atoms with Gasteiger partial charge in [-0.05, 0) is 47.6 Å². The van der Waals surface area contributed by atoms with E-state index in [1.165, 1.54) is 0 Å². The Kier molecular flexibility index (Phi) is 6.27. The lowest BCUT2D eigenvalue weighted by Gasteiger charge is -1.94. The molecule has 0 nitrogen and oxygen atoms in total. The van der Waals surface area contributed by atoms with E-state index in [0.29, 0.717) is 0 Å². The monoisotopic (exact) mass is 330 g/mol. The third-order valence-electron chi connectivity index (χ3n) is 3.66. The largest absolute Gasteiger partial charge is 0.0695 e. The van der Waals surface area contributed by atoms with Crippen LogP contribution in [0.4, 0.5) is 0 Å². The normalized spacial score (nSPS) is 10.2.